The van der Waals surface area contributed by atoms with Crippen LogP contribution in [0.15, 0.2) is 76.7 Å². The lowest BCUT2D eigenvalue weighted by Crippen LogP contribution is -2.39. The number of sulfonamides is 1. The highest BCUT2D eigenvalue weighted by atomic mass is 32.2. The molecule has 196 valence electrons. The van der Waals surface area contributed by atoms with Crippen LogP contribution < -0.4 is 23.9 Å². The van der Waals surface area contributed by atoms with Gasteiger partial charge in [0.1, 0.15) is 12.3 Å². The van der Waals surface area contributed by atoms with Crippen LogP contribution in [0.5, 0.6) is 17.2 Å². The Labute approximate surface area is 217 Å². The monoisotopic (exact) mass is 525 g/mol. The van der Waals surface area contributed by atoms with E-state index in [2.05, 4.69) is 10.5 Å². The second-order valence-electron chi connectivity index (χ2n) is 8.07. The molecule has 0 radical (unpaired) electrons. The van der Waals surface area contributed by atoms with Gasteiger partial charge in [0.05, 0.1) is 37.6 Å². The van der Waals surface area contributed by atoms with Crippen molar-refractivity contribution in [3.8, 4) is 17.2 Å². The van der Waals surface area contributed by atoms with Gasteiger partial charge in [0, 0.05) is 6.07 Å². The van der Waals surface area contributed by atoms with Gasteiger partial charge >= 0.3 is 0 Å². The number of amides is 1. The van der Waals surface area contributed by atoms with Crippen LogP contribution in [0.3, 0.4) is 0 Å². The minimum atomic E-state index is -4.09. The van der Waals surface area contributed by atoms with Crippen LogP contribution in [-0.4, -0.2) is 47.9 Å². The molecule has 3 rings (SSSR count). The molecule has 0 aliphatic carbocycles. The SMILES string of the molecule is CCCOc1ccc(/C=N/NC(=O)CN(c2ccc(OC)c(OC)c2)S(=O)(=O)c2ccc(C)cc2)cc1. The summed E-state index contributed by atoms with van der Waals surface area (Å²) in [4.78, 5) is 12.8. The van der Waals surface area contributed by atoms with Gasteiger partial charge in [-0.1, -0.05) is 24.6 Å². The first-order valence-corrected chi connectivity index (χ1v) is 13.1. The fourth-order valence-electron chi connectivity index (χ4n) is 3.35. The van der Waals surface area contributed by atoms with E-state index in [1.807, 2.05) is 26.0 Å². The molecule has 0 aromatic heterocycles. The third-order valence-electron chi connectivity index (χ3n) is 5.31. The fraction of sp³-hybridized carbons (Fsp3) is 0.259. The van der Waals surface area contributed by atoms with Crippen molar-refractivity contribution in [1.29, 1.82) is 0 Å². The van der Waals surface area contributed by atoms with Crippen molar-refractivity contribution in [1.82, 2.24) is 5.43 Å². The van der Waals surface area contributed by atoms with Crippen molar-refractivity contribution < 1.29 is 27.4 Å². The van der Waals surface area contributed by atoms with Crippen molar-refractivity contribution in [3.63, 3.8) is 0 Å². The van der Waals surface area contributed by atoms with E-state index < -0.39 is 22.5 Å². The van der Waals surface area contributed by atoms with Gasteiger partial charge in [0.15, 0.2) is 11.5 Å². The zero-order chi connectivity index (χ0) is 26.8. The molecule has 1 amide bonds. The van der Waals surface area contributed by atoms with Gasteiger partial charge in [-0.15, -0.1) is 0 Å². The van der Waals surface area contributed by atoms with Gasteiger partial charge < -0.3 is 14.2 Å². The Morgan fingerprint density at radius 2 is 1.65 bits per heavy atom. The molecule has 0 fully saturated rings. The first kappa shape index (κ1) is 27.5. The van der Waals surface area contributed by atoms with Crippen molar-refractivity contribution in [3.05, 3.63) is 77.9 Å². The standard InChI is InChI=1S/C27H31N3O6S/c1-5-16-36-23-11-8-21(9-12-23)18-28-29-27(31)19-30(22-10-15-25(34-3)26(17-22)35-4)37(32,33)24-13-6-20(2)7-14-24/h6-15,17-18H,5,16,19H2,1-4H3,(H,29,31)/b28-18+. The molecule has 3 aromatic carbocycles. The fourth-order valence-corrected chi connectivity index (χ4v) is 4.76. The van der Waals surface area contributed by atoms with E-state index in [9.17, 15) is 13.2 Å². The molecule has 9 nitrogen and oxygen atoms in total. The number of aryl methyl sites for hydroxylation is 1. The second-order valence-corrected chi connectivity index (χ2v) is 9.94. The minimum Gasteiger partial charge on any atom is -0.494 e. The summed E-state index contributed by atoms with van der Waals surface area (Å²) < 4.78 is 44.3. The van der Waals surface area contributed by atoms with Crippen molar-refractivity contribution in [2.24, 2.45) is 5.10 Å². The largest absolute Gasteiger partial charge is 0.494 e. The van der Waals surface area contributed by atoms with Gasteiger partial charge in [0.2, 0.25) is 0 Å². The molecule has 0 bridgehead atoms. The van der Waals surface area contributed by atoms with Crippen LogP contribution in [0, 0.1) is 6.92 Å². The number of hydrogen-bond acceptors (Lipinski definition) is 7. The molecule has 0 aliphatic rings. The molecule has 1 N–H and O–H groups in total. The van der Waals surface area contributed by atoms with E-state index in [0.29, 0.717) is 18.1 Å². The quantitative estimate of drug-likeness (QED) is 0.281. The average Bonchev–Trinajstić information content (AvgIpc) is 2.91. The molecule has 10 heteroatoms. The van der Waals surface area contributed by atoms with Gasteiger partial charge in [-0.3, -0.25) is 9.10 Å². The molecule has 37 heavy (non-hydrogen) atoms. The maximum absolute atomic E-state index is 13.6. The molecule has 0 saturated carbocycles. The van der Waals surface area contributed by atoms with Crippen LogP contribution in [-0.2, 0) is 14.8 Å². The number of rotatable bonds is 12. The Balaban J connectivity index is 1.82. The van der Waals surface area contributed by atoms with Crippen LogP contribution >= 0.6 is 0 Å². The zero-order valence-electron chi connectivity index (χ0n) is 21.3. The summed E-state index contributed by atoms with van der Waals surface area (Å²) in [5, 5.41) is 3.98. The lowest BCUT2D eigenvalue weighted by molar-refractivity contribution is -0.119. The summed E-state index contributed by atoms with van der Waals surface area (Å²) in [7, 11) is -1.16. The number of carbonyl (C=O) groups excluding carboxylic acids is 1. The molecular formula is C27H31N3O6S. The second kappa shape index (κ2) is 12.8. The molecule has 0 spiro atoms. The van der Waals surface area contributed by atoms with Crippen LogP contribution in [0.1, 0.15) is 24.5 Å². The van der Waals surface area contributed by atoms with Crippen LogP contribution in [0.4, 0.5) is 5.69 Å². The number of methoxy groups -OCH3 is 2. The van der Waals surface area contributed by atoms with Crippen molar-refractivity contribution >= 4 is 27.8 Å². The van der Waals surface area contributed by atoms with Gasteiger partial charge in [-0.25, -0.2) is 13.8 Å². The summed E-state index contributed by atoms with van der Waals surface area (Å²) in [6, 6.07) is 18.3. The number of nitrogens with one attached hydrogen (secondary N) is 1. The van der Waals surface area contributed by atoms with E-state index in [-0.39, 0.29) is 10.6 Å². The summed E-state index contributed by atoms with van der Waals surface area (Å²) in [5.41, 5.74) is 4.29. The zero-order valence-corrected chi connectivity index (χ0v) is 22.1. The highest BCUT2D eigenvalue weighted by Gasteiger charge is 2.28. The number of hydrogen-bond donors (Lipinski definition) is 1. The van der Waals surface area contributed by atoms with E-state index in [4.69, 9.17) is 14.2 Å². The van der Waals surface area contributed by atoms with Gasteiger partial charge in [-0.2, -0.15) is 5.10 Å². The van der Waals surface area contributed by atoms with Gasteiger partial charge in [0.25, 0.3) is 15.9 Å². The first-order chi connectivity index (χ1) is 17.8. The average molecular weight is 526 g/mol. The summed E-state index contributed by atoms with van der Waals surface area (Å²) in [6.07, 6.45) is 2.38. The molecular weight excluding hydrogens is 494 g/mol. The highest BCUT2D eigenvalue weighted by molar-refractivity contribution is 7.92. The Kier molecular flexibility index (Phi) is 9.51. The summed E-state index contributed by atoms with van der Waals surface area (Å²) >= 11 is 0. The van der Waals surface area contributed by atoms with E-state index in [1.165, 1.54) is 38.6 Å². The molecule has 0 saturated heterocycles. The Morgan fingerprint density at radius 3 is 2.27 bits per heavy atom. The highest BCUT2D eigenvalue weighted by Crippen LogP contribution is 2.33. The lowest BCUT2D eigenvalue weighted by Gasteiger charge is -2.24. The van der Waals surface area contributed by atoms with E-state index in [0.717, 1.165) is 27.6 Å². The van der Waals surface area contributed by atoms with E-state index in [1.54, 1.807) is 36.4 Å². The molecule has 3 aromatic rings. The van der Waals surface area contributed by atoms with Crippen molar-refractivity contribution in [2.45, 2.75) is 25.2 Å². The third kappa shape index (κ3) is 7.23. The predicted octanol–water partition coefficient (Wildman–Crippen LogP) is 4.15. The number of hydrazone groups is 1. The van der Waals surface area contributed by atoms with Crippen molar-refractivity contribution in [2.75, 3.05) is 31.7 Å². The molecule has 0 heterocycles. The predicted molar refractivity (Wildman–Crippen MR) is 143 cm³/mol. The topological polar surface area (TPSA) is 107 Å². The Hall–Kier alpha value is -4.05. The number of benzene rings is 3. The first-order valence-electron chi connectivity index (χ1n) is 11.6. The molecule has 0 atom stereocenters. The Morgan fingerprint density at radius 1 is 0.973 bits per heavy atom. The van der Waals surface area contributed by atoms with Crippen LogP contribution in [0.2, 0.25) is 0 Å². The van der Waals surface area contributed by atoms with Gasteiger partial charge in [-0.05, 0) is 67.4 Å². The number of carbonyl (C=O) groups is 1. The number of ether oxygens (including phenoxy) is 3. The number of nitrogens with zero attached hydrogens (tertiary/aromatic N) is 2. The smallest absolute Gasteiger partial charge is 0.264 e. The van der Waals surface area contributed by atoms with E-state index >= 15 is 0 Å². The van der Waals surface area contributed by atoms with Crippen LogP contribution in [0.25, 0.3) is 0 Å². The Bertz CT molecular complexity index is 1320. The normalized spacial score (nSPS) is 11.2. The minimum absolute atomic E-state index is 0.0505. The third-order valence-corrected chi connectivity index (χ3v) is 7.10. The lowest BCUT2D eigenvalue weighted by atomic mass is 10.2. The summed E-state index contributed by atoms with van der Waals surface area (Å²) in [5.74, 6) is 0.882. The maximum Gasteiger partial charge on any atom is 0.264 e. The maximum atomic E-state index is 13.6. The summed E-state index contributed by atoms with van der Waals surface area (Å²) in [6.45, 7) is 4.01. The molecule has 0 aliphatic heterocycles. The molecule has 0 unspecified atom stereocenters. The number of anilines is 1.